The van der Waals surface area contributed by atoms with E-state index < -0.39 is 0 Å². The van der Waals surface area contributed by atoms with Gasteiger partial charge >= 0.3 is 0 Å². The van der Waals surface area contributed by atoms with Crippen molar-refractivity contribution in [3.63, 3.8) is 0 Å². The molecule has 3 aromatic rings. The third-order valence-corrected chi connectivity index (χ3v) is 6.62. The van der Waals surface area contributed by atoms with Crippen molar-refractivity contribution < 1.29 is 9.69 Å². The van der Waals surface area contributed by atoms with Crippen LogP contribution in [0, 0.1) is 0 Å². The smallest absolute Gasteiger partial charge is 0.232 e. The summed E-state index contributed by atoms with van der Waals surface area (Å²) >= 11 is 1.80. The van der Waals surface area contributed by atoms with Gasteiger partial charge in [0.25, 0.3) is 0 Å². The number of hydrogen-bond acceptors (Lipinski definition) is 2. The van der Waals surface area contributed by atoms with Crippen molar-refractivity contribution in [2.75, 3.05) is 19.6 Å². The Morgan fingerprint density at radius 3 is 2.04 bits per heavy atom. The highest BCUT2D eigenvalue weighted by Gasteiger charge is 2.30. The van der Waals surface area contributed by atoms with Crippen molar-refractivity contribution in [1.82, 2.24) is 5.32 Å². The first kappa shape index (κ1) is 18.9. The van der Waals surface area contributed by atoms with Crippen molar-refractivity contribution in [2.24, 2.45) is 0 Å². The molecule has 2 heterocycles. The van der Waals surface area contributed by atoms with Crippen molar-refractivity contribution in [2.45, 2.75) is 24.8 Å². The number of thiophene rings is 1. The molecule has 0 unspecified atom stereocenters. The Morgan fingerprint density at radius 1 is 0.893 bits per heavy atom. The number of rotatable bonds is 7. The molecule has 1 amide bonds. The molecule has 2 N–H and O–H groups in total. The van der Waals surface area contributed by atoms with E-state index in [1.165, 1.54) is 30.8 Å². The molecular formula is C24H27N2OS+. The highest BCUT2D eigenvalue weighted by molar-refractivity contribution is 7.10. The van der Waals surface area contributed by atoms with Gasteiger partial charge in [-0.2, -0.15) is 0 Å². The Hall–Kier alpha value is -2.43. The average molecular weight is 392 g/mol. The monoisotopic (exact) mass is 391 g/mol. The van der Waals surface area contributed by atoms with E-state index in [0.717, 1.165) is 11.1 Å². The molecule has 1 saturated heterocycles. The second-order valence-electron chi connectivity index (χ2n) is 7.43. The first-order valence-corrected chi connectivity index (χ1v) is 11.0. The van der Waals surface area contributed by atoms with Crippen molar-refractivity contribution >= 4 is 17.2 Å². The molecule has 1 aliphatic rings. The van der Waals surface area contributed by atoms with Gasteiger partial charge in [0.15, 0.2) is 0 Å². The number of hydrogen-bond donors (Lipinski definition) is 2. The molecule has 1 aromatic heterocycles. The lowest BCUT2D eigenvalue weighted by Crippen LogP contribution is -3.11. The van der Waals surface area contributed by atoms with Gasteiger partial charge in [0.05, 0.1) is 30.4 Å². The van der Waals surface area contributed by atoms with Gasteiger partial charge in [-0.3, -0.25) is 4.79 Å². The maximum Gasteiger partial charge on any atom is 0.232 e. The van der Waals surface area contributed by atoms with Gasteiger partial charge in [-0.15, -0.1) is 11.3 Å². The SMILES string of the molecule is O=C(NC[C@H](c1cccs1)[NH+]1CCCC1)C(c1ccccc1)c1ccccc1. The lowest BCUT2D eigenvalue weighted by atomic mass is 9.90. The van der Waals surface area contributed by atoms with Crippen molar-refractivity contribution in [3.05, 3.63) is 94.2 Å². The van der Waals surface area contributed by atoms with E-state index in [4.69, 9.17) is 0 Å². The number of carbonyl (C=O) groups excluding carboxylic acids is 1. The second-order valence-corrected chi connectivity index (χ2v) is 8.41. The summed E-state index contributed by atoms with van der Waals surface area (Å²) in [6.07, 6.45) is 2.56. The fourth-order valence-electron chi connectivity index (χ4n) is 4.20. The van der Waals surface area contributed by atoms with Crippen LogP contribution in [0.4, 0.5) is 0 Å². The predicted molar refractivity (Wildman–Crippen MR) is 115 cm³/mol. The summed E-state index contributed by atoms with van der Waals surface area (Å²) in [5, 5.41) is 5.43. The molecule has 0 bridgehead atoms. The molecule has 2 aromatic carbocycles. The third kappa shape index (κ3) is 4.34. The zero-order valence-electron chi connectivity index (χ0n) is 16.0. The molecule has 144 valence electrons. The summed E-state index contributed by atoms with van der Waals surface area (Å²) in [7, 11) is 0. The number of nitrogens with one attached hydrogen (secondary N) is 2. The first-order valence-electron chi connectivity index (χ1n) is 10.1. The van der Waals surface area contributed by atoms with Crippen LogP contribution in [-0.4, -0.2) is 25.5 Å². The molecule has 1 atom stereocenters. The van der Waals surface area contributed by atoms with Crippen molar-refractivity contribution in [3.8, 4) is 0 Å². The maximum absolute atomic E-state index is 13.3. The van der Waals surface area contributed by atoms with Gasteiger partial charge in [0.2, 0.25) is 5.91 Å². The van der Waals surface area contributed by atoms with Crippen LogP contribution < -0.4 is 10.2 Å². The normalized spacial score (nSPS) is 15.6. The van der Waals surface area contributed by atoms with Crippen LogP contribution in [-0.2, 0) is 4.79 Å². The molecule has 0 saturated carbocycles. The van der Waals surface area contributed by atoms with Crippen LogP contribution in [0.2, 0.25) is 0 Å². The van der Waals surface area contributed by atoms with E-state index in [1.54, 1.807) is 16.2 Å². The quantitative estimate of drug-likeness (QED) is 0.636. The van der Waals surface area contributed by atoms with Gasteiger partial charge in [-0.05, 0) is 22.6 Å². The Balaban J connectivity index is 1.54. The predicted octanol–water partition coefficient (Wildman–Crippen LogP) is 3.42. The molecular weight excluding hydrogens is 364 g/mol. The molecule has 28 heavy (non-hydrogen) atoms. The largest absolute Gasteiger partial charge is 0.349 e. The van der Waals surface area contributed by atoms with Crippen LogP contribution in [0.5, 0.6) is 0 Å². The van der Waals surface area contributed by atoms with E-state index in [1.807, 2.05) is 60.7 Å². The minimum absolute atomic E-state index is 0.0811. The molecule has 0 radical (unpaired) electrons. The van der Waals surface area contributed by atoms with Crippen LogP contribution in [0.15, 0.2) is 78.2 Å². The molecule has 4 rings (SSSR count). The molecule has 0 spiro atoms. The summed E-state index contributed by atoms with van der Waals surface area (Å²) in [4.78, 5) is 16.3. The van der Waals surface area contributed by atoms with Gasteiger partial charge in [-0.25, -0.2) is 0 Å². The van der Waals surface area contributed by atoms with Crippen molar-refractivity contribution in [1.29, 1.82) is 0 Å². The number of benzene rings is 2. The molecule has 0 aliphatic carbocycles. The van der Waals surface area contributed by atoms with Gasteiger partial charge < -0.3 is 10.2 Å². The van der Waals surface area contributed by atoms with Gasteiger partial charge in [0, 0.05) is 12.8 Å². The standard InChI is InChI=1S/C24H26N2OS/c27-24(23(19-10-3-1-4-11-19)20-12-5-2-6-13-20)25-18-21(22-14-9-17-28-22)26-15-7-8-16-26/h1-6,9-14,17,21,23H,7-8,15-16,18H2,(H,25,27)/p+1/t21-/m1/s1. The number of quaternary nitrogens is 1. The Kier molecular flexibility index (Phi) is 6.20. The van der Waals surface area contributed by atoms with E-state index in [-0.39, 0.29) is 11.8 Å². The molecule has 1 fully saturated rings. The number of likely N-dealkylation sites (tertiary alicyclic amines) is 1. The number of carbonyl (C=O) groups is 1. The summed E-state index contributed by atoms with van der Waals surface area (Å²) in [6.45, 7) is 3.07. The third-order valence-electron chi connectivity index (χ3n) is 5.63. The minimum Gasteiger partial charge on any atom is -0.349 e. The zero-order chi connectivity index (χ0) is 19.2. The topological polar surface area (TPSA) is 33.5 Å². The summed E-state index contributed by atoms with van der Waals surface area (Å²) in [6, 6.07) is 24.8. The summed E-state index contributed by atoms with van der Waals surface area (Å²) in [5.41, 5.74) is 2.07. The van der Waals surface area contributed by atoms with Crippen LogP contribution in [0.25, 0.3) is 0 Å². The van der Waals surface area contributed by atoms with E-state index in [0.29, 0.717) is 12.6 Å². The van der Waals surface area contributed by atoms with Crippen LogP contribution in [0.3, 0.4) is 0 Å². The van der Waals surface area contributed by atoms with E-state index in [2.05, 4.69) is 22.8 Å². The highest BCUT2D eigenvalue weighted by atomic mass is 32.1. The fourth-order valence-corrected chi connectivity index (χ4v) is 5.09. The van der Waals surface area contributed by atoms with Crippen LogP contribution >= 0.6 is 11.3 Å². The Morgan fingerprint density at radius 2 is 1.50 bits per heavy atom. The summed E-state index contributed by atoms with van der Waals surface area (Å²) in [5.74, 6) is -0.197. The van der Waals surface area contributed by atoms with E-state index >= 15 is 0 Å². The Bertz CT molecular complexity index is 819. The fraction of sp³-hybridized carbons (Fsp3) is 0.292. The summed E-state index contributed by atoms with van der Waals surface area (Å²) < 4.78 is 0. The van der Waals surface area contributed by atoms with Crippen LogP contribution in [0.1, 0.15) is 40.8 Å². The van der Waals surface area contributed by atoms with Gasteiger partial charge in [0.1, 0.15) is 6.04 Å². The molecule has 1 aliphatic heterocycles. The highest BCUT2D eigenvalue weighted by Crippen LogP contribution is 2.25. The van der Waals surface area contributed by atoms with Gasteiger partial charge in [-0.1, -0.05) is 66.7 Å². The first-order chi connectivity index (χ1) is 13.8. The zero-order valence-corrected chi connectivity index (χ0v) is 16.8. The second kappa shape index (κ2) is 9.18. The molecule has 4 heteroatoms. The minimum atomic E-state index is -0.278. The maximum atomic E-state index is 13.3. The number of amides is 1. The Labute approximate surface area is 171 Å². The average Bonchev–Trinajstić information content (AvgIpc) is 3.45. The molecule has 3 nitrogen and oxygen atoms in total. The lowest BCUT2D eigenvalue weighted by Gasteiger charge is -2.25. The lowest BCUT2D eigenvalue weighted by molar-refractivity contribution is -0.918. The van der Waals surface area contributed by atoms with E-state index in [9.17, 15) is 4.79 Å².